The molecular weight excluding hydrogens is 269 g/mol. The zero-order valence-corrected chi connectivity index (χ0v) is 12.5. The van der Waals surface area contributed by atoms with Crippen LogP contribution in [-0.2, 0) is 6.54 Å². The van der Waals surface area contributed by atoms with Crippen LogP contribution in [0.15, 0.2) is 23.4 Å². The van der Waals surface area contributed by atoms with Crippen LogP contribution in [0.3, 0.4) is 0 Å². The number of amidine groups is 1. The quantitative estimate of drug-likeness (QED) is 0.338. The summed E-state index contributed by atoms with van der Waals surface area (Å²) in [5.41, 5.74) is 6.71. The second-order valence-corrected chi connectivity index (χ2v) is 6.09. The second kappa shape index (κ2) is 7.41. The van der Waals surface area contributed by atoms with E-state index in [-0.39, 0.29) is 11.7 Å². The third-order valence-corrected chi connectivity index (χ3v) is 4.26. The molecule has 0 bridgehead atoms. The van der Waals surface area contributed by atoms with Gasteiger partial charge >= 0.3 is 0 Å². The maximum atomic E-state index is 13.5. The Hall–Kier alpha value is -1.62. The lowest BCUT2D eigenvalue weighted by molar-refractivity contribution is 0.281. The van der Waals surface area contributed by atoms with Crippen molar-refractivity contribution in [2.24, 2.45) is 22.7 Å². The first-order chi connectivity index (χ1) is 10.1. The van der Waals surface area contributed by atoms with Gasteiger partial charge in [-0.05, 0) is 55.0 Å². The Kier molecular flexibility index (Phi) is 5.56. The predicted octanol–water partition coefficient (Wildman–Crippen LogP) is 2.84. The average Bonchev–Trinajstić information content (AvgIpc) is 2.48. The van der Waals surface area contributed by atoms with Crippen LogP contribution in [0.2, 0.25) is 0 Å². The molecule has 0 atom stereocenters. The van der Waals surface area contributed by atoms with E-state index in [0.717, 1.165) is 23.9 Å². The van der Waals surface area contributed by atoms with Crippen LogP contribution in [0.25, 0.3) is 0 Å². The molecule has 0 radical (unpaired) electrons. The number of nitrogens with two attached hydrogens (primary N) is 1. The average molecular weight is 293 g/mol. The van der Waals surface area contributed by atoms with Crippen LogP contribution in [0.1, 0.15) is 43.7 Å². The smallest absolute Gasteiger partial charge is 0.170 e. The van der Waals surface area contributed by atoms with E-state index < -0.39 is 0 Å². The summed E-state index contributed by atoms with van der Waals surface area (Å²) in [7, 11) is 0. The number of hydrogen-bond donors (Lipinski definition) is 3. The van der Waals surface area contributed by atoms with Crippen molar-refractivity contribution < 1.29 is 9.60 Å². The van der Waals surface area contributed by atoms with E-state index in [0.29, 0.717) is 12.1 Å². The molecule has 1 aromatic carbocycles. The number of oxime groups is 1. The van der Waals surface area contributed by atoms with Crippen molar-refractivity contribution in [3.05, 3.63) is 35.1 Å². The van der Waals surface area contributed by atoms with E-state index in [1.54, 1.807) is 6.07 Å². The van der Waals surface area contributed by atoms with Gasteiger partial charge in [0.15, 0.2) is 5.84 Å². The Morgan fingerprint density at radius 3 is 2.71 bits per heavy atom. The minimum Gasteiger partial charge on any atom is -0.409 e. The lowest BCUT2D eigenvalue weighted by atomic mass is 9.83. The summed E-state index contributed by atoms with van der Waals surface area (Å²) in [6.07, 6.45) is 5.15. The van der Waals surface area contributed by atoms with Crippen molar-refractivity contribution in [1.29, 1.82) is 0 Å². The van der Waals surface area contributed by atoms with Gasteiger partial charge in [0.1, 0.15) is 5.82 Å². The number of hydrogen-bond acceptors (Lipinski definition) is 3. The third kappa shape index (κ3) is 4.70. The normalized spacial score (nSPS) is 23.2. The first kappa shape index (κ1) is 15.8. The molecule has 4 N–H and O–H groups in total. The van der Waals surface area contributed by atoms with Crippen LogP contribution in [0.4, 0.5) is 4.39 Å². The largest absolute Gasteiger partial charge is 0.409 e. The highest BCUT2D eigenvalue weighted by Gasteiger charge is 2.17. The van der Waals surface area contributed by atoms with Crippen LogP contribution in [-0.4, -0.2) is 17.6 Å². The zero-order valence-electron chi connectivity index (χ0n) is 12.5. The Bertz CT molecular complexity index is 496. The number of rotatable bonds is 5. The molecule has 0 heterocycles. The molecule has 1 fully saturated rings. The molecular formula is C16H24FN3O. The zero-order chi connectivity index (χ0) is 15.2. The van der Waals surface area contributed by atoms with Gasteiger partial charge in [-0.15, -0.1) is 0 Å². The van der Waals surface area contributed by atoms with Gasteiger partial charge in [-0.2, -0.15) is 0 Å². The molecule has 0 amide bonds. The van der Waals surface area contributed by atoms with Crippen molar-refractivity contribution in [2.75, 3.05) is 6.54 Å². The SMILES string of the molecule is CC1CCC(CNCc2cc(F)cc(/C(N)=N/O)c2)CC1. The molecule has 21 heavy (non-hydrogen) atoms. The first-order valence-electron chi connectivity index (χ1n) is 7.56. The highest BCUT2D eigenvalue weighted by molar-refractivity contribution is 5.97. The number of nitrogens with one attached hydrogen (secondary N) is 1. The maximum absolute atomic E-state index is 13.5. The van der Waals surface area contributed by atoms with Gasteiger partial charge in [-0.3, -0.25) is 0 Å². The summed E-state index contributed by atoms with van der Waals surface area (Å²) < 4.78 is 13.5. The highest BCUT2D eigenvalue weighted by Crippen LogP contribution is 2.27. The minimum absolute atomic E-state index is 0.0722. The van der Waals surface area contributed by atoms with E-state index in [2.05, 4.69) is 17.4 Å². The minimum atomic E-state index is -0.373. The van der Waals surface area contributed by atoms with Gasteiger partial charge in [-0.25, -0.2) is 4.39 Å². The number of halogens is 1. The number of benzene rings is 1. The molecule has 0 spiro atoms. The van der Waals surface area contributed by atoms with Gasteiger partial charge in [-0.1, -0.05) is 24.9 Å². The van der Waals surface area contributed by atoms with E-state index in [9.17, 15) is 4.39 Å². The molecule has 4 nitrogen and oxygen atoms in total. The summed E-state index contributed by atoms with van der Waals surface area (Å²) in [6.45, 7) is 3.86. The predicted molar refractivity (Wildman–Crippen MR) is 81.7 cm³/mol. The van der Waals surface area contributed by atoms with Crippen molar-refractivity contribution >= 4 is 5.84 Å². The van der Waals surface area contributed by atoms with Gasteiger partial charge in [0.05, 0.1) is 0 Å². The molecule has 1 saturated carbocycles. The molecule has 1 aliphatic rings. The fourth-order valence-corrected chi connectivity index (χ4v) is 2.91. The maximum Gasteiger partial charge on any atom is 0.170 e. The topological polar surface area (TPSA) is 70.6 Å². The lowest BCUT2D eigenvalue weighted by Crippen LogP contribution is -2.26. The molecule has 0 aromatic heterocycles. The summed E-state index contributed by atoms with van der Waals surface area (Å²) in [5, 5.41) is 15.0. The highest BCUT2D eigenvalue weighted by atomic mass is 19.1. The van der Waals surface area contributed by atoms with Crippen LogP contribution < -0.4 is 11.1 Å². The Labute approximate surface area is 125 Å². The van der Waals surface area contributed by atoms with Crippen molar-refractivity contribution in [3.63, 3.8) is 0 Å². The molecule has 1 aromatic rings. The molecule has 0 aliphatic heterocycles. The number of nitrogens with zero attached hydrogens (tertiary/aromatic N) is 1. The lowest BCUT2D eigenvalue weighted by Gasteiger charge is -2.26. The Morgan fingerprint density at radius 2 is 2.05 bits per heavy atom. The Morgan fingerprint density at radius 1 is 1.33 bits per heavy atom. The molecule has 5 heteroatoms. The second-order valence-electron chi connectivity index (χ2n) is 6.09. The van der Waals surface area contributed by atoms with E-state index >= 15 is 0 Å². The fourth-order valence-electron chi connectivity index (χ4n) is 2.91. The van der Waals surface area contributed by atoms with Gasteiger partial charge in [0.25, 0.3) is 0 Å². The van der Waals surface area contributed by atoms with Gasteiger partial charge < -0.3 is 16.3 Å². The van der Waals surface area contributed by atoms with Gasteiger partial charge in [0.2, 0.25) is 0 Å². The summed E-state index contributed by atoms with van der Waals surface area (Å²) in [6, 6.07) is 4.49. The van der Waals surface area contributed by atoms with Crippen molar-refractivity contribution in [2.45, 2.75) is 39.2 Å². The third-order valence-electron chi connectivity index (χ3n) is 4.26. The van der Waals surface area contributed by atoms with Crippen LogP contribution in [0, 0.1) is 17.7 Å². The van der Waals surface area contributed by atoms with Crippen molar-refractivity contribution in [1.82, 2.24) is 5.32 Å². The molecule has 1 aliphatic carbocycles. The van der Waals surface area contributed by atoms with Gasteiger partial charge in [0, 0.05) is 12.1 Å². The monoisotopic (exact) mass is 293 g/mol. The van der Waals surface area contributed by atoms with Crippen LogP contribution >= 0.6 is 0 Å². The summed E-state index contributed by atoms with van der Waals surface area (Å²) in [5.74, 6) is 1.13. The summed E-state index contributed by atoms with van der Waals surface area (Å²) in [4.78, 5) is 0. The van der Waals surface area contributed by atoms with Crippen molar-refractivity contribution in [3.8, 4) is 0 Å². The van der Waals surface area contributed by atoms with E-state index in [4.69, 9.17) is 10.9 Å². The van der Waals surface area contributed by atoms with E-state index in [1.807, 2.05) is 0 Å². The molecule has 116 valence electrons. The summed E-state index contributed by atoms with van der Waals surface area (Å²) >= 11 is 0. The molecule has 0 saturated heterocycles. The standard InChI is InChI=1S/C16H24FN3O/c1-11-2-4-12(5-3-11)9-19-10-13-6-14(16(18)20-21)8-15(17)7-13/h6-8,11-12,19,21H,2-5,9-10H2,1H3,(H2,18,20). The fraction of sp³-hybridized carbons (Fsp3) is 0.562. The molecule has 2 rings (SSSR count). The molecule has 0 unspecified atom stereocenters. The van der Waals surface area contributed by atoms with Crippen LogP contribution in [0.5, 0.6) is 0 Å². The Balaban J connectivity index is 1.87. The first-order valence-corrected chi connectivity index (χ1v) is 7.56. The van der Waals surface area contributed by atoms with E-state index in [1.165, 1.54) is 37.8 Å².